The van der Waals surface area contributed by atoms with Crippen molar-refractivity contribution in [2.24, 2.45) is 0 Å². The van der Waals surface area contributed by atoms with E-state index in [0.717, 1.165) is 33.6 Å². The van der Waals surface area contributed by atoms with E-state index in [4.69, 9.17) is 0 Å². The predicted molar refractivity (Wildman–Crippen MR) is 110 cm³/mol. The zero-order chi connectivity index (χ0) is 20.8. The topological polar surface area (TPSA) is 38.0 Å². The molecule has 0 amide bonds. The third kappa shape index (κ3) is 3.65. The van der Waals surface area contributed by atoms with Crippen molar-refractivity contribution in [1.29, 1.82) is 0 Å². The summed E-state index contributed by atoms with van der Waals surface area (Å²) in [6.07, 6.45) is -4.36. The van der Waals surface area contributed by atoms with Crippen molar-refractivity contribution >= 4 is 28.0 Å². The molecule has 0 aliphatic heterocycles. The molecule has 2 heterocycles. The van der Waals surface area contributed by atoms with Gasteiger partial charge < -0.3 is 9.67 Å². The fourth-order valence-corrected chi connectivity index (χ4v) is 4.32. The predicted octanol–water partition coefficient (Wildman–Crippen LogP) is 6.67. The maximum absolute atomic E-state index is 12.8. The van der Waals surface area contributed by atoms with Gasteiger partial charge in [-0.15, -0.1) is 11.3 Å². The largest absolute Gasteiger partial charge is 0.506 e. The van der Waals surface area contributed by atoms with Crippen LogP contribution in [-0.2, 0) is 12.7 Å². The van der Waals surface area contributed by atoms with Crippen molar-refractivity contribution in [2.75, 3.05) is 0 Å². The van der Waals surface area contributed by atoms with Crippen LogP contribution in [0.5, 0.6) is 0 Å². The molecule has 0 aliphatic rings. The second kappa shape index (κ2) is 7.08. The van der Waals surface area contributed by atoms with E-state index in [9.17, 15) is 18.3 Å². The van der Waals surface area contributed by atoms with Crippen LogP contribution < -0.4 is 0 Å². The molecule has 0 saturated carbocycles. The molecule has 0 spiro atoms. The van der Waals surface area contributed by atoms with Crippen LogP contribution in [0.15, 0.2) is 61.2 Å². The number of aryl methyl sites for hydroxylation is 1. The van der Waals surface area contributed by atoms with Crippen molar-refractivity contribution in [3.63, 3.8) is 0 Å². The van der Waals surface area contributed by atoms with Gasteiger partial charge in [-0.2, -0.15) is 13.2 Å². The van der Waals surface area contributed by atoms with Crippen LogP contribution in [-0.4, -0.2) is 14.7 Å². The van der Waals surface area contributed by atoms with Gasteiger partial charge in [-0.1, -0.05) is 36.9 Å². The zero-order valence-corrected chi connectivity index (χ0v) is 16.3. The Morgan fingerprint density at radius 1 is 1.14 bits per heavy atom. The second-order valence-corrected chi connectivity index (χ2v) is 7.81. The molecule has 3 nitrogen and oxygen atoms in total. The number of thiazole rings is 1. The molecule has 0 saturated heterocycles. The van der Waals surface area contributed by atoms with Crippen molar-refractivity contribution in [2.45, 2.75) is 19.6 Å². The van der Waals surface area contributed by atoms with Crippen molar-refractivity contribution in [3.8, 4) is 10.6 Å². The van der Waals surface area contributed by atoms with Crippen molar-refractivity contribution < 1.29 is 18.3 Å². The summed E-state index contributed by atoms with van der Waals surface area (Å²) in [7, 11) is 0. The average molecular weight is 414 g/mol. The summed E-state index contributed by atoms with van der Waals surface area (Å²) in [5.74, 6) is -0.0219. The highest BCUT2D eigenvalue weighted by Gasteiger charge is 2.30. The smallest absolute Gasteiger partial charge is 0.416 e. The third-order valence-corrected chi connectivity index (χ3v) is 5.95. The van der Waals surface area contributed by atoms with E-state index >= 15 is 0 Å². The average Bonchev–Trinajstić information content (AvgIpc) is 3.23. The minimum absolute atomic E-state index is 0.0219. The molecule has 4 rings (SSSR count). The molecule has 0 aliphatic carbocycles. The third-order valence-electron chi connectivity index (χ3n) is 4.76. The number of hydrogen-bond acceptors (Lipinski definition) is 3. The Labute approximate surface area is 169 Å². The first-order chi connectivity index (χ1) is 13.7. The SMILES string of the molecule is C=C(O)c1cc2ccccc2n1Cc1sc(-c2ccc(C(F)(F)F)cc2)nc1C. The highest BCUT2D eigenvalue weighted by molar-refractivity contribution is 7.15. The Kier molecular flexibility index (Phi) is 4.70. The van der Waals surface area contributed by atoms with Crippen molar-refractivity contribution in [1.82, 2.24) is 9.55 Å². The molecule has 0 atom stereocenters. The summed E-state index contributed by atoms with van der Waals surface area (Å²) >= 11 is 1.43. The molecule has 0 radical (unpaired) electrons. The second-order valence-electron chi connectivity index (χ2n) is 6.72. The number of alkyl halides is 3. The molecule has 0 fully saturated rings. The molecule has 2 aromatic carbocycles. The Balaban J connectivity index is 1.70. The molecule has 1 N–H and O–H groups in total. The molecule has 2 aromatic heterocycles. The Hall–Kier alpha value is -3.06. The van der Waals surface area contributed by atoms with Gasteiger partial charge in [0.25, 0.3) is 0 Å². The van der Waals surface area contributed by atoms with Gasteiger partial charge in [-0.25, -0.2) is 4.98 Å². The first-order valence-electron chi connectivity index (χ1n) is 8.84. The molecule has 4 aromatic rings. The monoisotopic (exact) mass is 414 g/mol. The van der Waals surface area contributed by atoms with Crippen LogP contribution in [0, 0.1) is 6.92 Å². The molecule has 0 unspecified atom stereocenters. The van der Waals surface area contributed by atoms with E-state index in [1.54, 1.807) is 0 Å². The maximum Gasteiger partial charge on any atom is 0.416 e. The minimum Gasteiger partial charge on any atom is -0.506 e. The standard InChI is InChI=1S/C22H17F3N2OS/c1-13-20(12-27-18-6-4-3-5-16(18)11-19(27)14(2)28)29-21(26-13)15-7-9-17(10-8-15)22(23,24)25/h3-11,28H,2,12H2,1H3. The molecule has 7 heteroatoms. The van der Waals surface area contributed by atoms with Gasteiger partial charge in [0.15, 0.2) is 0 Å². The zero-order valence-electron chi connectivity index (χ0n) is 15.5. The van der Waals surface area contributed by atoms with E-state index in [1.807, 2.05) is 41.8 Å². The summed E-state index contributed by atoms with van der Waals surface area (Å²) < 4.78 is 40.3. The highest BCUT2D eigenvalue weighted by atomic mass is 32.1. The first-order valence-corrected chi connectivity index (χ1v) is 9.66. The Bertz CT molecular complexity index is 1200. The number of rotatable bonds is 4. The maximum atomic E-state index is 12.8. The van der Waals surface area contributed by atoms with E-state index < -0.39 is 11.7 Å². The normalized spacial score (nSPS) is 11.9. The van der Waals surface area contributed by atoms with E-state index in [-0.39, 0.29) is 5.76 Å². The number of nitrogens with zero attached hydrogens (tertiary/aromatic N) is 2. The van der Waals surface area contributed by atoms with Crippen LogP contribution in [0.4, 0.5) is 13.2 Å². The minimum atomic E-state index is -4.36. The van der Waals surface area contributed by atoms with Gasteiger partial charge in [0.1, 0.15) is 10.8 Å². The molecular weight excluding hydrogens is 397 g/mol. The summed E-state index contributed by atoms with van der Waals surface area (Å²) in [5.41, 5.74) is 2.34. The van der Waals surface area contributed by atoms with Crippen LogP contribution in [0.25, 0.3) is 27.2 Å². The number of halogens is 3. The lowest BCUT2D eigenvalue weighted by Crippen LogP contribution is -2.03. The number of fused-ring (bicyclic) bond motifs is 1. The highest BCUT2D eigenvalue weighted by Crippen LogP contribution is 2.34. The van der Waals surface area contributed by atoms with Crippen LogP contribution in [0.1, 0.15) is 21.8 Å². The van der Waals surface area contributed by atoms with Crippen LogP contribution in [0.3, 0.4) is 0 Å². The summed E-state index contributed by atoms with van der Waals surface area (Å²) in [6.45, 7) is 6.01. The van der Waals surface area contributed by atoms with Crippen LogP contribution in [0.2, 0.25) is 0 Å². The van der Waals surface area contributed by atoms with Crippen LogP contribution >= 0.6 is 11.3 Å². The summed E-state index contributed by atoms with van der Waals surface area (Å²) in [5, 5.41) is 11.7. The van der Waals surface area contributed by atoms with Gasteiger partial charge in [-0.3, -0.25) is 0 Å². The van der Waals surface area contributed by atoms with E-state index in [1.165, 1.54) is 23.5 Å². The number of aliphatic hydroxyl groups is 1. The number of hydrogen-bond donors (Lipinski definition) is 1. The summed E-state index contributed by atoms with van der Waals surface area (Å²) in [6, 6.07) is 14.7. The van der Waals surface area contributed by atoms with E-state index in [2.05, 4.69) is 11.6 Å². The Morgan fingerprint density at radius 2 is 1.83 bits per heavy atom. The van der Waals surface area contributed by atoms with E-state index in [0.29, 0.717) is 22.8 Å². The molecule has 29 heavy (non-hydrogen) atoms. The molecule has 148 valence electrons. The lowest BCUT2D eigenvalue weighted by atomic mass is 10.1. The molecular formula is C22H17F3N2OS. The van der Waals surface area contributed by atoms with Gasteiger partial charge in [0.2, 0.25) is 0 Å². The number of para-hydroxylation sites is 1. The van der Waals surface area contributed by atoms with Gasteiger partial charge >= 0.3 is 6.18 Å². The van der Waals surface area contributed by atoms with Gasteiger partial charge in [0.05, 0.1) is 23.5 Å². The summed E-state index contributed by atoms with van der Waals surface area (Å²) in [4.78, 5) is 5.51. The number of aliphatic hydroxyl groups excluding tert-OH is 1. The molecule has 0 bridgehead atoms. The Morgan fingerprint density at radius 3 is 2.48 bits per heavy atom. The van der Waals surface area contributed by atoms with Gasteiger partial charge in [-0.05, 0) is 31.2 Å². The number of benzene rings is 2. The lowest BCUT2D eigenvalue weighted by Gasteiger charge is -2.09. The van der Waals surface area contributed by atoms with Gasteiger partial charge in [0, 0.05) is 21.3 Å². The number of aromatic nitrogens is 2. The lowest BCUT2D eigenvalue weighted by molar-refractivity contribution is -0.137. The fraction of sp³-hybridized carbons (Fsp3) is 0.136. The van der Waals surface area contributed by atoms with Crippen molar-refractivity contribution in [3.05, 3.63) is 83.0 Å². The quantitative estimate of drug-likeness (QED) is 0.379. The fourth-order valence-electron chi connectivity index (χ4n) is 3.26. The first kappa shape index (κ1) is 19.3.